The fraction of sp³-hybridized carbons (Fsp3) is 0.300. The topological polar surface area (TPSA) is 17.1 Å². The summed E-state index contributed by atoms with van der Waals surface area (Å²) in [5, 5.41) is 0. The minimum atomic E-state index is 0.0302. The summed E-state index contributed by atoms with van der Waals surface area (Å²) >= 11 is 0.0302. The first-order valence-electron chi connectivity index (χ1n) is 3.99. The molecule has 0 aliphatic rings. The molecule has 0 heterocycles. The summed E-state index contributed by atoms with van der Waals surface area (Å²) in [5.41, 5.74) is 1.25. The molecule has 64 valence electrons. The molecular weight excluding hydrogens is 215 g/mol. The Bertz CT molecular complexity index is 264. The van der Waals surface area contributed by atoms with E-state index in [1.807, 2.05) is 19.1 Å². The molecule has 0 fully saturated rings. The fourth-order valence-corrected chi connectivity index (χ4v) is 2.24. The number of hydrogen-bond donors (Lipinski definition) is 0. The van der Waals surface area contributed by atoms with Crippen LogP contribution in [-0.2, 0) is 4.79 Å². The molecule has 1 nitrogen and oxygen atoms in total. The standard InChI is InChI=1S/C10H12OSe/c1-3-10(11)12-9-6-4-8(2)5-7-9/h4-7H,3H2,1-2H3. The Kier molecular flexibility index (Phi) is 3.51. The van der Waals surface area contributed by atoms with Crippen molar-refractivity contribution in [2.45, 2.75) is 20.3 Å². The van der Waals surface area contributed by atoms with Crippen molar-refractivity contribution in [3.05, 3.63) is 29.8 Å². The second kappa shape index (κ2) is 4.44. The molecule has 1 aromatic carbocycles. The van der Waals surface area contributed by atoms with E-state index in [4.69, 9.17) is 0 Å². The average Bonchev–Trinajstić information content (AvgIpc) is 2.09. The van der Waals surface area contributed by atoms with Crippen LogP contribution in [0.3, 0.4) is 0 Å². The van der Waals surface area contributed by atoms with Gasteiger partial charge in [-0.3, -0.25) is 0 Å². The zero-order chi connectivity index (χ0) is 8.97. The Morgan fingerprint density at radius 2 is 1.92 bits per heavy atom. The minimum absolute atomic E-state index is 0.0302. The van der Waals surface area contributed by atoms with E-state index in [1.54, 1.807) is 0 Å². The third-order valence-electron chi connectivity index (χ3n) is 1.54. The number of carbonyl (C=O) groups is 1. The van der Waals surface area contributed by atoms with Crippen molar-refractivity contribution in [3.8, 4) is 0 Å². The van der Waals surface area contributed by atoms with Crippen LogP contribution in [0.4, 0.5) is 0 Å². The zero-order valence-electron chi connectivity index (χ0n) is 7.33. The molecule has 2 heteroatoms. The van der Waals surface area contributed by atoms with Crippen molar-refractivity contribution in [1.29, 1.82) is 0 Å². The Morgan fingerprint density at radius 1 is 1.33 bits per heavy atom. The second-order valence-electron chi connectivity index (χ2n) is 2.64. The van der Waals surface area contributed by atoms with E-state index in [-0.39, 0.29) is 15.0 Å². The van der Waals surface area contributed by atoms with Gasteiger partial charge in [-0.25, -0.2) is 0 Å². The van der Waals surface area contributed by atoms with Gasteiger partial charge in [-0.2, -0.15) is 0 Å². The zero-order valence-corrected chi connectivity index (χ0v) is 9.05. The summed E-state index contributed by atoms with van der Waals surface area (Å²) in [6.07, 6.45) is 0.661. The van der Waals surface area contributed by atoms with Gasteiger partial charge in [-0.05, 0) is 0 Å². The van der Waals surface area contributed by atoms with E-state index < -0.39 is 0 Å². The quantitative estimate of drug-likeness (QED) is 0.710. The van der Waals surface area contributed by atoms with Gasteiger partial charge < -0.3 is 0 Å². The van der Waals surface area contributed by atoms with Crippen LogP contribution in [-0.4, -0.2) is 19.6 Å². The molecule has 0 saturated carbocycles. The summed E-state index contributed by atoms with van der Waals surface area (Å²) in [5.74, 6) is 0. The molecule has 0 unspecified atom stereocenters. The van der Waals surface area contributed by atoms with Gasteiger partial charge in [0, 0.05) is 0 Å². The predicted octanol–water partition coefficient (Wildman–Crippen LogP) is 1.26. The second-order valence-corrected chi connectivity index (χ2v) is 5.01. The molecule has 1 rings (SSSR count). The number of rotatable bonds is 3. The summed E-state index contributed by atoms with van der Waals surface area (Å²) in [6.45, 7) is 3.97. The molecule has 0 atom stereocenters. The number of benzene rings is 1. The normalized spacial score (nSPS) is 9.83. The van der Waals surface area contributed by atoms with Crippen LogP contribution in [0.15, 0.2) is 24.3 Å². The van der Waals surface area contributed by atoms with Crippen LogP contribution in [0.1, 0.15) is 18.9 Å². The molecule has 12 heavy (non-hydrogen) atoms. The summed E-state index contributed by atoms with van der Waals surface area (Å²) in [4.78, 5) is 11.1. The van der Waals surface area contributed by atoms with Gasteiger partial charge in [0.05, 0.1) is 0 Å². The molecule has 1 aromatic rings. The van der Waals surface area contributed by atoms with E-state index in [2.05, 4.69) is 19.1 Å². The molecule has 0 spiro atoms. The van der Waals surface area contributed by atoms with Crippen molar-refractivity contribution in [3.63, 3.8) is 0 Å². The molecular formula is C10H12OSe. The Labute approximate surface area is 79.3 Å². The maximum absolute atomic E-state index is 11.1. The Balaban J connectivity index is 2.64. The number of hydrogen-bond acceptors (Lipinski definition) is 1. The van der Waals surface area contributed by atoms with Gasteiger partial charge in [0.15, 0.2) is 0 Å². The van der Waals surface area contributed by atoms with Crippen LogP contribution in [0.2, 0.25) is 0 Å². The Morgan fingerprint density at radius 3 is 2.42 bits per heavy atom. The van der Waals surface area contributed by atoms with Gasteiger partial charge in [-0.1, -0.05) is 0 Å². The first-order valence-corrected chi connectivity index (χ1v) is 5.71. The van der Waals surface area contributed by atoms with Crippen molar-refractivity contribution < 1.29 is 4.79 Å². The number of carbonyl (C=O) groups excluding carboxylic acids is 1. The SMILES string of the molecule is CCC(=O)[Se]c1ccc(C)cc1. The van der Waals surface area contributed by atoms with E-state index in [1.165, 1.54) is 10.0 Å². The molecule has 0 saturated heterocycles. The van der Waals surface area contributed by atoms with Crippen LogP contribution in [0.25, 0.3) is 0 Å². The Hall–Kier alpha value is -0.591. The molecule has 0 N–H and O–H groups in total. The molecule has 0 radical (unpaired) electrons. The predicted molar refractivity (Wildman–Crippen MR) is 51.9 cm³/mol. The van der Waals surface area contributed by atoms with Crippen molar-refractivity contribution in [2.24, 2.45) is 0 Å². The van der Waals surface area contributed by atoms with Gasteiger partial charge >= 0.3 is 79.0 Å². The maximum atomic E-state index is 11.1. The van der Waals surface area contributed by atoms with Gasteiger partial charge in [0.25, 0.3) is 0 Å². The molecule has 0 aliphatic heterocycles. The number of aryl methyl sites for hydroxylation is 1. The van der Waals surface area contributed by atoms with Crippen LogP contribution in [0.5, 0.6) is 0 Å². The molecule has 0 aliphatic carbocycles. The van der Waals surface area contributed by atoms with Crippen molar-refractivity contribution in [2.75, 3.05) is 0 Å². The summed E-state index contributed by atoms with van der Waals surface area (Å²) in [6, 6.07) is 8.20. The van der Waals surface area contributed by atoms with Crippen molar-refractivity contribution in [1.82, 2.24) is 0 Å². The van der Waals surface area contributed by atoms with E-state index in [0.717, 1.165) is 0 Å². The van der Waals surface area contributed by atoms with E-state index >= 15 is 0 Å². The van der Waals surface area contributed by atoms with Crippen molar-refractivity contribution >= 4 is 24.1 Å². The van der Waals surface area contributed by atoms with Gasteiger partial charge in [-0.15, -0.1) is 0 Å². The van der Waals surface area contributed by atoms with Crippen LogP contribution >= 0.6 is 0 Å². The molecule has 0 aromatic heterocycles. The van der Waals surface area contributed by atoms with Gasteiger partial charge in [0.2, 0.25) is 0 Å². The average molecular weight is 227 g/mol. The summed E-state index contributed by atoms with van der Waals surface area (Å²) in [7, 11) is 0. The molecule has 0 amide bonds. The van der Waals surface area contributed by atoms with E-state index in [9.17, 15) is 4.79 Å². The van der Waals surface area contributed by atoms with Crippen LogP contribution < -0.4 is 4.46 Å². The monoisotopic (exact) mass is 228 g/mol. The summed E-state index contributed by atoms with van der Waals surface area (Å²) < 4.78 is 1.55. The van der Waals surface area contributed by atoms with Gasteiger partial charge in [0.1, 0.15) is 0 Å². The third kappa shape index (κ3) is 2.80. The molecule has 0 bridgehead atoms. The first-order chi connectivity index (χ1) is 5.72. The third-order valence-corrected chi connectivity index (χ3v) is 3.69. The first kappa shape index (κ1) is 9.50. The fourth-order valence-electron chi connectivity index (χ4n) is 0.810. The van der Waals surface area contributed by atoms with Crippen LogP contribution in [0, 0.1) is 6.92 Å². The van der Waals surface area contributed by atoms with E-state index in [0.29, 0.717) is 11.1 Å².